The number of rotatable bonds is 9. The molecule has 1 N–H and O–H groups in total. The second kappa shape index (κ2) is 12.0. The Morgan fingerprint density at radius 1 is 0.957 bits per heavy atom. The van der Waals surface area contributed by atoms with Gasteiger partial charge in [-0.25, -0.2) is 4.79 Å². The second-order valence-electron chi connectivity index (χ2n) is 11.5. The van der Waals surface area contributed by atoms with Crippen LogP contribution in [0.2, 0.25) is 0 Å². The van der Waals surface area contributed by atoms with Crippen molar-refractivity contribution in [2.24, 2.45) is 0 Å². The van der Waals surface area contributed by atoms with Crippen LogP contribution in [0.3, 0.4) is 0 Å². The van der Waals surface area contributed by atoms with Crippen LogP contribution in [0.15, 0.2) is 99.2 Å². The topological polar surface area (TPSA) is 139 Å². The summed E-state index contributed by atoms with van der Waals surface area (Å²) in [6.07, 6.45) is 1.31. The summed E-state index contributed by atoms with van der Waals surface area (Å²) < 4.78 is 55.8. The van der Waals surface area contributed by atoms with E-state index in [4.69, 9.17) is 22.8 Å². The van der Waals surface area contributed by atoms with E-state index in [1.54, 1.807) is 74.5 Å². The highest BCUT2D eigenvalue weighted by molar-refractivity contribution is 7.87. The van der Waals surface area contributed by atoms with Crippen LogP contribution in [0, 0.1) is 6.92 Å². The van der Waals surface area contributed by atoms with Crippen LogP contribution in [0.25, 0.3) is 22.1 Å². The van der Waals surface area contributed by atoms with Crippen molar-refractivity contribution in [1.29, 1.82) is 0 Å². The Balaban J connectivity index is 1.59. The number of hydrogen-bond acceptors (Lipinski definition) is 10. The third-order valence-electron chi connectivity index (χ3n) is 7.47. The van der Waals surface area contributed by atoms with E-state index in [1.807, 2.05) is 6.92 Å². The van der Waals surface area contributed by atoms with Crippen molar-refractivity contribution in [1.82, 2.24) is 0 Å². The monoisotopic (exact) mass is 642 g/mol. The molecule has 0 spiro atoms. The molecule has 0 saturated heterocycles. The van der Waals surface area contributed by atoms with Crippen LogP contribution < -0.4 is 23.8 Å². The second-order valence-corrected chi connectivity index (χ2v) is 13.1. The van der Waals surface area contributed by atoms with Gasteiger partial charge in [-0.15, -0.1) is 0 Å². The predicted octanol–water partition coefficient (Wildman–Crippen LogP) is 6.19. The van der Waals surface area contributed by atoms with E-state index in [2.05, 4.69) is 0 Å². The fraction of sp³-hybridized carbons (Fsp3) is 0.200. The van der Waals surface area contributed by atoms with Gasteiger partial charge in [0, 0.05) is 11.6 Å². The Morgan fingerprint density at radius 3 is 2.39 bits per heavy atom. The van der Waals surface area contributed by atoms with Gasteiger partial charge in [-0.05, 0) is 75.6 Å². The lowest BCUT2D eigenvalue weighted by Crippen LogP contribution is -2.21. The lowest BCUT2D eigenvalue weighted by atomic mass is 9.95. The molecule has 1 aliphatic heterocycles. The molecule has 6 rings (SSSR count). The van der Waals surface area contributed by atoms with Gasteiger partial charge in [0.15, 0.2) is 17.2 Å². The summed E-state index contributed by atoms with van der Waals surface area (Å²) in [5, 5.41) is 10.4. The van der Waals surface area contributed by atoms with E-state index in [1.165, 1.54) is 24.5 Å². The van der Waals surface area contributed by atoms with Crippen molar-refractivity contribution in [2.45, 2.75) is 44.1 Å². The van der Waals surface area contributed by atoms with Crippen molar-refractivity contribution >= 4 is 27.1 Å². The lowest BCUT2D eigenvalue weighted by molar-refractivity contribution is 0.0703. The Labute approximate surface area is 264 Å². The van der Waals surface area contributed by atoms with Gasteiger partial charge >= 0.3 is 16.1 Å². The van der Waals surface area contributed by atoms with Crippen LogP contribution in [0.1, 0.15) is 41.8 Å². The minimum atomic E-state index is -4.52. The lowest BCUT2D eigenvalue weighted by Gasteiger charge is -2.21. The first-order valence-corrected chi connectivity index (χ1v) is 15.8. The van der Waals surface area contributed by atoms with E-state index in [9.17, 15) is 23.1 Å². The maximum Gasteiger partial charge on any atom is 0.343 e. The number of fused-ring (bicyclic) bond motifs is 2. The van der Waals surface area contributed by atoms with E-state index >= 15 is 0 Å². The molecule has 4 aromatic carbocycles. The van der Waals surface area contributed by atoms with Gasteiger partial charge in [0.05, 0.1) is 16.7 Å². The van der Waals surface area contributed by atoms with Gasteiger partial charge in [-0.2, -0.15) is 8.42 Å². The number of esters is 1. The maximum atomic E-state index is 14.3. The first-order chi connectivity index (χ1) is 21.9. The van der Waals surface area contributed by atoms with Crippen molar-refractivity contribution in [3.8, 4) is 34.1 Å². The van der Waals surface area contributed by atoms with Gasteiger partial charge in [-0.3, -0.25) is 4.79 Å². The summed E-state index contributed by atoms with van der Waals surface area (Å²) in [4.78, 5) is 27.3. The van der Waals surface area contributed by atoms with E-state index in [0.717, 1.165) is 5.56 Å². The number of benzene rings is 4. The highest BCUT2D eigenvalue weighted by Crippen LogP contribution is 2.41. The van der Waals surface area contributed by atoms with Gasteiger partial charge in [0.25, 0.3) is 0 Å². The molecule has 5 aromatic rings. The third kappa shape index (κ3) is 6.33. The van der Waals surface area contributed by atoms with Crippen molar-refractivity contribution in [3.63, 3.8) is 0 Å². The molecular weight excluding hydrogens is 612 g/mol. The number of aryl methyl sites for hydroxylation is 1. The third-order valence-corrected chi connectivity index (χ3v) is 8.70. The van der Waals surface area contributed by atoms with Crippen LogP contribution in [-0.2, 0) is 16.5 Å². The van der Waals surface area contributed by atoms with E-state index in [0.29, 0.717) is 17.1 Å². The highest BCUT2D eigenvalue weighted by Gasteiger charge is 2.29. The van der Waals surface area contributed by atoms with E-state index in [-0.39, 0.29) is 63.7 Å². The minimum absolute atomic E-state index is 0.0245. The van der Waals surface area contributed by atoms with Crippen molar-refractivity contribution in [2.75, 3.05) is 6.79 Å². The molecular formula is C35H30O10S. The fourth-order valence-corrected chi connectivity index (χ4v) is 5.95. The number of carbonyl (C=O) groups is 1. The summed E-state index contributed by atoms with van der Waals surface area (Å²) in [6.45, 7) is 5.01. The molecule has 0 radical (unpaired) electrons. The molecule has 0 bridgehead atoms. The van der Waals surface area contributed by atoms with Crippen LogP contribution in [-0.4, -0.2) is 31.9 Å². The summed E-state index contributed by atoms with van der Waals surface area (Å²) in [5.74, 6) is -0.227. The largest absolute Gasteiger partial charge is 0.463 e. The summed E-state index contributed by atoms with van der Waals surface area (Å²) in [5.41, 5.74) is -0.182. The smallest absolute Gasteiger partial charge is 0.343 e. The quantitative estimate of drug-likeness (QED) is 0.113. The number of hydrogen-bond donors (Lipinski definition) is 1. The average molecular weight is 643 g/mol. The summed E-state index contributed by atoms with van der Waals surface area (Å²) in [7, 11) is -4.52. The molecule has 0 amide bonds. The zero-order chi connectivity index (χ0) is 32.6. The maximum absolute atomic E-state index is 14.3. The Morgan fingerprint density at radius 2 is 1.67 bits per heavy atom. The Kier molecular flexibility index (Phi) is 8.05. The fourth-order valence-electron chi connectivity index (χ4n) is 4.98. The van der Waals surface area contributed by atoms with Crippen LogP contribution >= 0.6 is 0 Å². The first-order valence-electron chi connectivity index (χ1n) is 14.4. The summed E-state index contributed by atoms with van der Waals surface area (Å²) >= 11 is 0. The predicted molar refractivity (Wildman–Crippen MR) is 169 cm³/mol. The normalized spacial score (nSPS) is 12.7. The molecule has 1 aliphatic rings. The van der Waals surface area contributed by atoms with Gasteiger partial charge in [0.1, 0.15) is 27.9 Å². The molecule has 1 aromatic heterocycles. The molecule has 0 aliphatic carbocycles. The molecule has 0 fully saturated rings. The molecule has 0 unspecified atom stereocenters. The molecule has 2 heterocycles. The Bertz CT molecular complexity index is 2110. The van der Waals surface area contributed by atoms with E-state index < -0.39 is 27.1 Å². The first kappa shape index (κ1) is 30.9. The standard InChI is InChI=1S/C35H30O10S/c1-21-9-12-24(13-10-21)46(39,40)45-33-25(15-16-35(2,3)38)28(44-34(37)22-7-5-4-6-8-22)18-30-31(33)32(36)26(19-41-30)23-11-14-27-29(17-23)43-20-42-27/h4-14,17-19,38H,15-16,20H2,1-3H3. The average Bonchev–Trinajstić information content (AvgIpc) is 3.49. The molecule has 0 atom stereocenters. The number of ether oxygens (including phenoxy) is 3. The molecule has 11 heteroatoms. The number of carbonyl (C=O) groups excluding carboxylic acids is 1. The van der Waals surface area contributed by atoms with Gasteiger partial charge < -0.3 is 27.9 Å². The molecule has 236 valence electrons. The minimum Gasteiger partial charge on any atom is -0.463 e. The van der Waals surface area contributed by atoms with Crippen LogP contribution in [0.5, 0.6) is 23.0 Å². The molecule has 0 saturated carbocycles. The SMILES string of the molecule is Cc1ccc(S(=O)(=O)Oc2c(CCC(C)(C)O)c(OC(=O)c3ccccc3)cc3occ(-c4ccc5c(c4)OCO5)c(=O)c23)cc1. The summed E-state index contributed by atoms with van der Waals surface area (Å²) in [6, 6.07) is 20.5. The van der Waals surface area contributed by atoms with Crippen molar-refractivity contribution < 1.29 is 41.1 Å². The number of aliphatic hydroxyl groups is 1. The van der Waals surface area contributed by atoms with Gasteiger partial charge in [0.2, 0.25) is 12.2 Å². The zero-order valence-electron chi connectivity index (χ0n) is 25.2. The van der Waals surface area contributed by atoms with Gasteiger partial charge in [-0.1, -0.05) is 42.0 Å². The van der Waals surface area contributed by atoms with Crippen molar-refractivity contribution in [3.05, 3.63) is 112 Å². The molecule has 46 heavy (non-hydrogen) atoms. The van der Waals surface area contributed by atoms with Crippen LogP contribution in [0.4, 0.5) is 0 Å². The Hall–Kier alpha value is -5.13. The highest BCUT2D eigenvalue weighted by atomic mass is 32.2. The molecule has 10 nitrogen and oxygen atoms in total. The zero-order valence-corrected chi connectivity index (χ0v) is 26.1.